The molecule has 0 saturated heterocycles. The van der Waals surface area contributed by atoms with E-state index in [1.54, 1.807) is 11.6 Å². The Hall–Kier alpha value is -3.13. The maximum Gasteiger partial charge on any atom is 0.275 e. The molecule has 1 amide bonds. The van der Waals surface area contributed by atoms with Gasteiger partial charge in [-0.3, -0.25) is 4.79 Å². The molecular formula is C18H12F2N4OS. The van der Waals surface area contributed by atoms with Gasteiger partial charge < -0.3 is 9.88 Å². The van der Waals surface area contributed by atoms with Crippen molar-refractivity contribution in [3.05, 3.63) is 65.4 Å². The van der Waals surface area contributed by atoms with Gasteiger partial charge in [-0.05, 0) is 24.3 Å². The van der Waals surface area contributed by atoms with Crippen LogP contribution in [-0.4, -0.2) is 20.4 Å². The lowest BCUT2D eigenvalue weighted by Crippen LogP contribution is -2.12. The molecular weight excluding hydrogens is 358 g/mol. The molecule has 26 heavy (non-hydrogen) atoms. The van der Waals surface area contributed by atoms with Crippen molar-refractivity contribution >= 4 is 34.0 Å². The number of fused-ring (bicyclic) bond motifs is 1. The Morgan fingerprint density at radius 1 is 1.23 bits per heavy atom. The van der Waals surface area contributed by atoms with Gasteiger partial charge in [-0.25, -0.2) is 18.7 Å². The van der Waals surface area contributed by atoms with Gasteiger partial charge in [0, 0.05) is 47.5 Å². The molecule has 1 N–H and O–H groups in total. The molecule has 0 fully saturated rings. The zero-order valence-corrected chi connectivity index (χ0v) is 14.3. The molecule has 3 heterocycles. The van der Waals surface area contributed by atoms with E-state index >= 15 is 0 Å². The van der Waals surface area contributed by atoms with E-state index in [9.17, 15) is 13.6 Å². The minimum Gasteiger partial charge on any atom is -0.335 e. The molecule has 0 aliphatic carbocycles. The highest BCUT2D eigenvalue weighted by Crippen LogP contribution is 2.31. The average Bonchev–Trinajstić information content (AvgIpc) is 3.24. The SMILES string of the molecule is Cn1cc(-c2nc(C(=O)Nc3ccc(F)c(F)c3)cs2)c2cccnc21. The fourth-order valence-corrected chi connectivity index (χ4v) is 3.48. The van der Waals surface area contributed by atoms with E-state index in [4.69, 9.17) is 0 Å². The van der Waals surface area contributed by atoms with E-state index in [0.29, 0.717) is 5.01 Å². The largest absolute Gasteiger partial charge is 0.335 e. The Bertz CT molecular complexity index is 1140. The molecule has 130 valence electrons. The van der Waals surface area contributed by atoms with E-state index in [-0.39, 0.29) is 11.4 Å². The molecule has 0 unspecified atom stereocenters. The average molecular weight is 370 g/mol. The number of anilines is 1. The maximum atomic E-state index is 13.3. The number of aryl methyl sites for hydroxylation is 1. The molecule has 0 saturated carbocycles. The van der Waals surface area contributed by atoms with Crippen molar-refractivity contribution < 1.29 is 13.6 Å². The zero-order chi connectivity index (χ0) is 18.3. The minimum atomic E-state index is -1.02. The van der Waals surface area contributed by atoms with Crippen LogP contribution in [0.25, 0.3) is 21.6 Å². The number of amides is 1. The first-order valence-corrected chi connectivity index (χ1v) is 8.53. The van der Waals surface area contributed by atoms with Crippen molar-refractivity contribution in [3.8, 4) is 10.6 Å². The summed E-state index contributed by atoms with van der Waals surface area (Å²) >= 11 is 1.33. The number of aromatic nitrogens is 3. The lowest BCUT2D eigenvalue weighted by atomic mass is 10.2. The van der Waals surface area contributed by atoms with E-state index in [0.717, 1.165) is 28.7 Å². The number of carbonyl (C=O) groups excluding carboxylic acids is 1. The van der Waals surface area contributed by atoms with Gasteiger partial charge in [0.2, 0.25) is 0 Å². The Kier molecular flexibility index (Phi) is 3.96. The van der Waals surface area contributed by atoms with Gasteiger partial charge in [0.25, 0.3) is 5.91 Å². The summed E-state index contributed by atoms with van der Waals surface area (Å²) in [5.41, 5.74) is 2.08. The van der Waals surface area contributed by atoms with E-state index < -0.39 is 17.5 Å². The molecule has 0 radical (unpaired) electrons. The van der Waals surface area contributed by atoms with E-state index in [1.165, 1.54) is 17.4 Å². The Labute approximate surface area is 150 Å². The van der Waals surface area contributed by atoms with Gasteiger partial charge in [-0.15, -0.1) is 11.3 Å². The summed E-state index contributed by atoms with van der Waals surface area (Å²) < 4.78 is 28.1. The van der Waals surface area contributed by atoms with Crippen LogP contribution in [0.5, 0.6) is 0 Å². The predicted molar refractivity (Wildman–Crippen MR) is 96.1 cm³/mol. The second-order valence-electron chi connectivity index (χ2n) is 5.65. The lowest BCUT2D eigenvalue weighted by molar-refractivity contribution is 0.102. The third-order valence-corrected chi connectivity index (χ3v) is 4.75. The van der Waals surface area contributed by atoms with Gasteiger partial charge >= 0.3 is 0 Å². The Balaban J connectivity index is 1.63. The number of nitrogens with one attached hydrogen (secondary N) is 1. The van der Waals surface area contributed by atoms with Crippen LogP contribution in [0, 0.1) is 11.6 Å². The number of rotatable bonds is 3. The Morgan fingerprint density at radius 3 is 2.88 bits per heavy atom. The summed E-state index contributed by atoms with van der Waals surface area (Å²) in [6.07, 6.45) is 3.63. The predicted octanol–water partition coefficient (Wildman–Crippen LogP) is 4.23. The summed E-state index contributed by atoms with van der Waals surface area (Å²) in [5.74, 6) is -2.48. The summed E-state index contributed by atoms with van der Waals surface area (Å²) in [4.78, 5) is 21.0. The number of pyridine rings is 1. The van der Waals surface area contributed by atoms with Crippen molar-refractivity contribution in [1.82, 2.24) is 14.5 Å². The lowest BCUT2D eigenvalue weighted by Gasteiger charge is -2.03. The fraction of sp³-hybridized carbons (Fsp3) is 0.0556. The normalized spacial score (nSPS) is 11.0. The van der Waals surface area contributed by atoms with Crippen LogP contribution in [0.15, 0.2) is 48.1 Å². The molecule has 0 bridgehead atoms. The number of hydrogen-bond donors (Lipinski definition) is 1. The van der Waals surface area contributed by atoms with Crippen LogP contribution in [0.2, 0.25) is 0 Å². The number of halogens is 2. The Morgan fingerprint density at radius 2 is 2.08 bits per heavy atom. The van der Waals surface area contributed by atoms with Gasteiger partial charge in [-0.2, -0.15) is 0 Å². The topological polar surface area (TPSA) is 59.8 Å². The minimum absolute atomic E-state index is 0.165. The van der Waals surface area contributed by atoms with Crippen molar-refractivity contribution in [2.24, 2.45) is 7.05 Å². The first kappa shape index (κ1) is 16.3. The van der Waals surface area contributed by atoms with E-state index in [1.807, 2.05) is 29.9 Å². The third kappa shape index (κ3) is 2.84. The second kappa shape index (κ2) is 6.30. The molecule has 1 aromatic carbocycles. The molecule has 5 nitrogen and oxygen atoms in total. The zero-order valence-electron chi connectivity index (χ0n) is 13.5. The van der Waals surface area contributed by atoms with Crippen LogP contribution in [-0.2, 0) is 7.05 Å². The van der Waals surface area contributed by atoms with Gasteiger partial charge in [0.1, 0.15) is 16.3 Å². The molecule has 4 rings (SSSR count). The second-order valence-corrected chi connectivity index (χ2v) is 6.51. The molecule has 0 aliphatic rings. The smallest absolute Gasteiger partial charge is 0.275 e. The number of benzene rings is 1. The molecule has 0 aliphatic heterocycles. The van der Waals surface area contributed by atoms with Crippen molar-refractivity contribution in [2.75, 3.05) is 5.32 Å². The molecule has 4 aromatic rings. The first-order chi connectivity index (χ1) is 12.5. The van der Waals surface area contributed by atoms with Crippen molar-refractivity contribution in [2.45, 2.75) is 0 Å². The summed E-state index contributed by atoms with van der Waals surface area (Å²) in [5, 5.41) is 5.76. The standard InChI is InChI=1S/C18H12F2N4OS/c1-24-8-12(11-3-2-6-21-16(11)24)18-23-15(9-26-18)17(25)22-10-4-5-13(19)14(20)7-10/h2-9H,1H3,(H,22,25). The maximum absolute atomic E-state index is 13.3. The van der Waals surface area contributed by atoms with Crippen LogP contribution in [0.3, 0.4) is 0 Å². The number of hydrogen-bond acceptors (Lipinski definition) is 4. The molecule has 0 atom stereocenters. The van der Waals surface area contributed by atoms with Crippen LogP contribution in [0.1, 0.15) is 10.5 Å². The highest BCUT2D eigenvalue weighted by atomic mass is 32.1. The molecule has 8 heteroatoms. The first-order valence-electron chi connectivity index (χ1n) is 7.65. The molecule has 3 aromatic heterocycles. The monoisotopic (exact) mass is 370 g/mol. The van der Waals surface area contributed by atoms with Crippen LogP contribution < -0.4 is 5.32 Å². The van der Waals surface area contributed by atoms with Gasteiger partial charge in [0.05, 0.1) is 0 Å². The summed E-state index contributed by atoms with van der Waals surface area (Å²) in [6.45, 7) is 0. The van der Waals surface area contributed by atoms with Crippen molar-refractivity contribution in [1.29, 1.82) is 0 Å². The van der Waals surface area contributed by atoms with E-state index in [2.05, 4.69) is 15.3 Å². The quantitative estimate of drug-likeness (QED) is 0.587. The molecule has 0 spiro atoms. The number of nitrogens with zero attached hydrogens (tertiary/aromatic N) is 3. The summed E-state index contributed by atoms with van der Waals surface area (Å²) in [6, 6.07) is 6.97. The van der Waals surface area contributed by atoms with Crippen LogP contribution in [0.4, 0.5) is 14.5 Å². The highest BCUT2D eigenvalue weighted by molar-refractivity contribution is 7.13. The number of thiazole rings is 1. The fourth-order valence-electron chi connectivity index (χ4n) is 2.65. The highest BCUT2D eigenvalue weighted by Gasteiger charge is 2.16. The van der Waals surface area contributed by atoms with Gasteiger partial charge in [-0.1, -0.05) is 0 Å². The third-order valence-electron chi connectivity index (χ3n) is 3.88. The van der Waals surface area contributed by atoms with Crippen molar-refractivity contribution in [3.63, 3.8) is 0 Å². The van der Waals surface area contributed by atoms with Gasteiger partial charge in [0.15, 0.2) is 11.6 Å². The summed E-state index contributed by atoms with van der Waals surface area (Å²) in [7, 11) is 1.89. The van der Waals surface area contributed by atoms with Crippen LogP contribution >= 0.6 is 11.3 Å². The number of carbonyl (C=O) groups is 1.